The third-order valence-corrected chi connectivity index (χ3v) is 2.03. The SMILES string of the molecule is CC(=O)Nc1cccc(C(=O)NCC(C)N)c1. The van der Waals surface area contributed by atoms with Crippen LogP contribution in [-0.4, -0.2) is 24.4 Å². The zero-order valence-corrected chi connectivity index (χ0v) is 9.99. The van der Waals surface area contributed by atoms with Gasteiger partial charge >= 0.3 is 0 Å². The minimum atomic E-state index is -0.200. The topological polar surface area (TPSA) is 84.2 Å². The maximum Gasteiger partial charge on any atom is 0.251 e. The van der Waals surface area contributed by atoms with Crippen molar-refractivity contribution in [2.24, 2.45) is 5.73 Å². The normalized spacial score (nSPS) is 11.7. The maximum atomic E-state index is 11.7. The van der Waals surface area contributed by atoms with Gasteiger partial charge < -0.3 is 16.4 Å². The molecule has 2 amide bonds. The highest BCUT2D eigenvalue weighted by Crippen LogP contribution is 2.10. The summed E-state index contributed by atoms with van der Waals surface area (Å²) >= 11 is 0. The van der Waals surface area contributed by atoms with Crippen molar-refractivity contribution in [1.29, 1.82) is 0 Å². The van der Waals surface area contributed by atoms with Crippen LogP contribution in [0.15, 0.2) is 24.3 Å². The molecular weight excluding hydrogens is 218 g/mol. The Morgan fingerprint density at radius 3 is 2.71 bits per heavy atom. The second kappa shape index (κ2) is 6.00. The Balaban J connectivity index is 2.70. The molecule has 1 aromatic carbocycles. The van der Waals surface area contributed by atoms with Crippen LogP contribution in [0.5, 0.6) is 0 Å². The summed E-state index contributed by atoms with van der Waals surface area (Å²) in [7, 11) is 0. The molecule has 0 aliphatic carbocycles. The van der Waals surface area contributed by atoms with E-state index >= 15 is 0 Å². The van der Waals surface area contributed by atoms with E-state index in [1.54, 1.807) is 24.3 Å². The van der Waals surface area contributed by atoms with Gasteiger partial charge in [-0.1, -0.05) is 6.07 Å². The molecule has 0 aliphatic heterocycles. The van der Waals surface area contributed by atoms with Gasteiger partial charge in [0.05, 0.1) is 0 Å². The van der Waals surface area contributed by atoms with Gasteiger partial charge in [-0.3, -0.25) is 9.59 Å². The average molecular weight is 235 g/mol. The summed E-state index contributed by atoms with van der Waals surface area (Å²) in [5, 5.41) is 5.32. The lowest BCUT2D eigenvalue weighted by Gasteiger charge is -2.09. The Labute approximate surface area is 100 Å². The number of amides is 2. The molecule has 5 nitrogen and oxygen atoms in total. The van der Waals surface area contributed by atoms with E-state index in [0.29, 0.717) is 17.8 Å². The summed E-state index contributed by atoms with van der Waals surface area (Å²) < 4.78 is 0. The molecule has 1 unspecified atom stereocenters. The van der Waals surface area contributed by atoms with Crippen LogP contribution < -0.4 is 16.4 Å². The van der Waals surface area contributed by atoms with E-state index in [0.717, 1.165) is 0 Å². The monoisotopic (exact) mass is 235 g/mol. The van der Waals surface area contributed by atoms with Crippen LogP contribution in [-0.2, 0) is 4.79 Å². The molecule has 0 spiro atoms. The lowest BCUT2D eigenvalue weighted by atomic mass is 10.2. The second-order valence-corrected chi connectivity index (χ2v) is 3.95. The van der Waals surface area contributed by atoms with Crippen molar-refractivity contribution < 1.29 is 9.59 Å². The summed E-state index contributed by atoms with van der Waals surface area (Å²) in [5.41, 5.74) is 6.64. The molecule has 0 fully saturated rings. The van der Waals surface area contributed by atoms with E-state index in [1.165, 1.54) is 6.92 Å². The summed E-state index contributed by atoms with van der Waals surface area (Å²) in [5.74, 6) is -0.368. The van der Waals surface area contributed by atoms with E-state index in [4.69, 9.17) is 5.73 Å². The number of nitrogens with one attached hydrogen (secondary N) is 2. The van der Waals surface area contributed by atoms with Gasteiger partial charge in [0.1, 0.15) is 0 Å². The number of hydrogen-bond acceptors (Lipinski definition) is 3. The lowest BCUT2D eigenvalue weighted by Crippen LogP contribution is -2.35. The van der Waals surface area contributed by atoms with E-state index in [1.807, 2.05) is 6.92 Å². The molecule has 1 rings (SSSR count). The van der Waals surface area contributed by atoms with Crippen LogP contribution in [0, 0.1) is 0 Å². The Morgan fingerprint density at radius 1 is 1.41 bits per heavy atom. The van der Waals surface area contributed by atoms with Crippen molar-refractivity contribution in [2.45, 2.75) is 19.9 Å². The first-order valence-corrected chi connectivity index (χ1v) is 5.40. The molecule has 92 valence electrons. The van der Waals surface area contributed by atoms with Crippen LogP contribution in [0.2, 0.25) is 0 Å². The van der Waals surface area contributed by atoms with Crippen LogP contribution in [0.1, 0.15) is 24.2 Å². The predicted molar refractivity (Wildman–Crippen MR) is 66.7 cm³/mol. The molecule has 1 aromatic rings. The molecule has 17 heavy (non-hydrogen) atoms. The van der Waals surface area contributed by atoms with Crippen LogP contribution in [0.4, 0.5) is 5.69 Å². The van der Waals surface area contributed by atoms with Gasteiger partial charge in [-0.05, 0) is 25.1 Å². The summed E-state index contributed by atoms with van der Waals surface area (Å²) in [6.45, 7) is 3.65. The fourth-order valence-electron chi connectivity index (χ4n) is 1.30. The van der Waals surface area contributed by atoms with Crippen LogP contribution in [0.25, 0.3) is 0 Å². The highest BCUT2D eigenvalue weighted by Gasteiger charge is 2.06. The fraction of sp³-hybridized carbons (Fsp3) is 0.333. The van der Waals surface area contributed by atoms with Crippen molar-refractivity contribution in [3.63, 3.8) is 0 Å². The van der Waals surface area contributed by atoms with Crippen LogP contribution in [0.3, 0.4) is 0 Å². The van der Waals surface area contributed by atoms with E-state index in [2.05, 4.69) is 10.6 Å². The molecule has 0 saturated heterocycles. The minimum absolute atomic E-state index is 0.0857. The Morgan fingerprint density at radius 2 is 2.12 bits per heavy atom. The van der Waals surface area contributed by atoms with Gasteiger partial charge in [-0.2, -0.15) is 0 Å². The van der Waals surface area contributed by atoms with Crippen molar-refractivity contribution in [1.82, 2.24) is 5.32 Å². The van der Waals surface area contributed by atoms with Gasteiger partial charge in [-0.15, -0.1) is 0 Å². The third-order valence-electron chi connectivity index (χ3n) is 2.03. The summed E-state index contributed by atoms with van der Waals surface area (Å²) in [6, 6.07) is 6.66. The van der Waals surface area contributed by atoms with Gasteiger partial charge in [-0.25, -0.2) is 0 Å². The summed E-state index contributed by atoms with van der Waals surface area (Å²) in [4.78, 5) is 22.6. The average Bonchev–Trinajstić information content (AvgIpc) is 2.25. The van der Waals surface area contributed by atoms with Gasteiger partial charge in [0.25, 0.3) is 5.91 Å². The Hall–Kier alpha value is -1.88. The second-order valence-electron chi connectivity index (χ2n) is 3.95. The molecule has 0 saturated carbocycles. The van der Waals surface area contributed by atoms with E-state index in [9.17, 15) is 9.59 Å². The molecule has 5 heteroatoms. The molecule has 4 N–H and O–H groups in total. The highest BCUT2D eigenvalue weighted by atomic mass is 16.2. The highest BCUT2D eigenvalue weighted by molar-refractivity contribution is 5.96. The molecule has 0 bridgehead atoms. The van der Waals surface area contributed by atoms with Crippen molar-refractivity contribution in [2.75, 3.05) is 11.9 Å². The zero-order valence-electron chi connectivity index (χ0n) is 9.99. The van der Waals surface area contributed by atoms with Crippen LogP contribution >= 0.6 is 0 Å². The summed E-state index contributed by atoms with van der Waals surface area (Å²) in [6.07, 6.45) is 0. The first kappa shape index (κ1) is 13.2. The number of nitrogens with two attached hydrogens (primary N) is 1. The number of hydrogen-bond donors (Lipinski definition) is 3. The molecule has 0 aliphatic rings. The Bertz CT molecular complexity index is 416. The van der Waals surface area contributed by atoms with E-state index in [-0.39, 0.29) is 17.9 Å². The Kier molecular flexibility index (Phi) is 4.66. The maximum absolute atomic E-state index is 11.7. The van der Waals surface area contributed by atoms with Crippen molar-refractivity contribution >= 4 is 17.5 Å². The molecule has 0 heterocycles. The first-order valence-electron chi connectivity index (χ1n) is 5.40. The number of benzene rings is 1. The predicted octanol–water partition coefficient (Wildman–Crippen LogP) is 0.722. The van der Waals surface area contributed by atoms with E-state index < -0.39 is 0 Å². The molecule has 0 radical (unpaired) electrons. The quantitative estimate of drug-likeness (QED) is 0.719. The smallest absolute Gasteiger partial charge is 0.251 e. The lowest BCUT2D eigenvalue weighted by molar-refractivity contribution is -0.114. The number of anilines is 1. The standard InChI is InChI=1S/C12H17N3O2/c1-8(13)7-14-12(17)10-4-3-5-11(6-10)15-9(2)16/h3-6,8H,7,13H2,1-2H3,(H,14,17)(H,15,16). The zero-order chi connectivity index (χ0) is 12.8. The number of rotatable bonds is 4. The third kappa shape index (κ3) is 4.65. The molecule has 1 atom stereocenters. The molecular formula is C12H17N3O2. The van der Waals surface area contributed by atoms with Gasteiger partial charge in [0.2, 0.25) is 5.91 Å². The largest absolute Gasteiger partial charge is 0.350 e. The van der Waals surface area contributed by atoms with Crippen molar-refractivity contribution in [3.8, 4) is 0 Å². The fourth-order valence-corrected chi connectivity index (χ4v) is 1.30. The minimum Gasteiger partial charge on any atom is -0.350 e. The number of carbonyl (C=O) groups excluding carboxylic acids is 2. The number of carbonyl (C=O) groups is 2. The van der Waals surface area contributed by atoms with Crippen molar-refractivity contribution in [3.05, 3.63) is 29.8 Å². The molecule has 0 aromatic heterocycles. The van der Waals surface area contributed by atoms with Gasteiger partial charge in [0.15, 0.2) is 0 Å². The van der Waals surface area contributed by atoms with Gasteiger partial charge in [0, 0.05) is 30.8 Å². The first-order chi connectivity index (χ1) is 7.99.